The fourth-order valence-electron chi connectivity index (χ4n) is 2.51. The lowest BCUT2D eigenvalue weighted by Gasteiger charge is -2.10. The fourth-order valence-corrected chi connectivity index (χ4v) is 3.41. The molecule has 8 heteroatoms. The largest absolute Gasteiger partial charge is 0.399 e. The van der Waals surface area contributed by atoms with E-state index in [2.05, 4.69) is 15.6 Å². The minimum atomic E-state index is -0.345. The van der Waals surface area contributed by atoms with Crippen LogP contribution in [0.3, 0.4) is 0 Å². The molecule has 27 heavy (non-hydrogen) atoms. The number of hydrogen-bond acceptors (Lipinski definition) is 6. The topological polar surface area (TPSA) is 123 Å². The zero-order valence-corrected chi connectivity index (χ0v) is 15.9. The number of benzene rings is 2. The van der Waals surface area contributed by atoms with E-state index < -0.39 is 0 Å². The Morgan fingerprint density at radius 3 is 2.44 bits per heavy atom. The van der Waals surface area contributed by atoms with Crippen molar-refractivity contribution >= 4 is 49.9 Å². The summed E-state index contributed by atoms with van der Waals surface area (Å²) in [5.74, 6) is -0.469. The summed E-state index contributed by atoms with van der Waals surface area (Å²) < 4.78 is 0.814. The summed E-state index contributed by atoms with van der Waals surface area (Å²) in [7, 11) is 0. The molecule has 0 spiro atoms. The van der Waals surface area contributed by atoms with Gasteiger partial charge in [-0.2, -0.15) is 0 Å². The van der Waals surface area contributed by atoms with Crippen molar-refractivity contribution in [1.29, 1.82) is 0 Å². The quantitative estimate of drug-likeness (QED) is 0.504. The van der Waals surface area contributed by atoms with E-state index in [4.69, 9.17) is 11.5 Å². The summed E-state index contributed by atoms with van der Waals surface area (Å²) in [5, 5.41) is 6.12. The van der Waals surface area contributed by atoms with Gasteiger partial charge in [-0.05, 0) is 49.7 Å². The molecule has 7 nitrogen and oxygen atoms in total. The summed E-state index contributed by atoms with van der Waals surface area (Å²) >= 11 is 1.30. The molecule has 0 aliphatic rings. The van der Waals surface area contributed by atoms with Crippen LogP contribution in [0.1, 0.15) is 41.0 Å². The molecule has 0 aliphatic heterocycles. The fraction of sp³-hybridized carbons (Fsp3) is 0.211. The smallest absolute Gasteiger partial charge is 0.257 e. The first-order valence-electron chi connectivity index (χ1n) is 8.54. The van der Waals surface area contributed by atoms with Gasteiger partial charge in [0.05, 0.1) is 10.2 Å². The highest BCUT2D eigenvalue weighted by atomic mass is 32.1. The molecule has 0 aliphatic carbocycles. The molecule has 0 bridgehead atoms. The molecule has 2 amide bonds. The van der Waals surface area contributed by atoms with Crippen LogP contribution in [-0.4, -0.2) is 22.8 Å². The van der Waals surface area contributed by atoms with E-state index in [0.717, 1.165) is 11.1 Å². The van der Waals surface area contributed by atoms with E-state index in [0.29, 0.717) is 33.1 Å². The lowest BCUT2D eigenvalue weighted by atomic mass is 10.1. The molecule has 140 valence electrons. The third-order valence-corrected chi connectivity index (χ3v) is 5.03. The number of carbonyl (C=O) groups is 2. The Bertz CT molecular complexity index is 994. The van der Waals surface area contributed by atoms with Crippen molar-refractivity contribution < 1.29 is 9.59 Å². The summed E-state index contributed by atoms with van der Waals surface area (Å²) in [6.45, 7) is 3.97. The Morgan fingerprint density at radius 1 is 1.07 bits per heavy atom. The second-order valence-electron chi connectivity index (χ2n) is 6.33. The maximum absolute atomic E-state index is 12.4. The molecule has 0 radical (unpaired) electrons. The Hall–Kier alpha value is -3.13. The third-order valence-electron chi connectivity index (χ3n) is 4.10. The van der Waals surface area contributed by atoms with E-state index in [1.165, 1.54) is 11.3 Å². The predicted molar refractivity (Wildman–Crippen MR) is 110 cm³/mol. The van der Waals surface area contributed by atoms with Crippen molar-refractivity contribution in [1.82, 2.24) is 10.3 Å². The van der Waals surface area contributed by atoms with Crippen molar-refractivity contribution in [2.45, 2.75) is 26.3 Å². The number of nitrogens with one attached hydrogen (secondary N) is 2. The van der Waals surface area contributed by atoms with E-state index in [-0.39, 0.29) is 17.9 Å². The second-order valence-corrected chi connectivity index (χ2v) is 7.36. The zero-order valence-electron chi connectivity index (χ0n) is 15.1. The lowest BCUT2D eigenvalue weighted by molar-refractivity contribution is 0.0938. The van der Waals surface area contributed by atoms with Gasteiger partial charge in [0.1, 0.15) is 0 Å². The molecule has 3 rings (SSSR count). The number of nitrogen functional groups attached to an aromatic ring is 2. The van der Waals surface area contributed by atoms with Gasteiger partial charge in [0.2, 0.25) is 0 Å². The first kappa shape index (κ1) is 18.7. The van der Waals surface area contributed by atoms with Gasteiger partial charge in [0.15, 0.2) is 5.13 Å². The van der Waals surface area contributed by atoms with Gasteiger partial charge >= 0.3 is 0 Å². The van der Waals surface area contributed by atoms with Crippen LogP contribution < -0.4 is 22.1 Å². The number of fused-ring (bicyclic) bond motifs is 1. The molecule has 3 aromatic rings. The Labute approximate surface area is 160 Å². The van der Waals surface area contributed by atoms with Crippen molar-refractivity contribution in [3.63, 3.8) is 0 Å². The standard InChI is InChI=1S/C19H21N5O2S/c1-3-10(2)22-17(25)11-4-5-15-16(8-11)27-19(23-15)24-18(26)12-6-13(20)9-14(21)7-12/h4-10H,3,20-21H2,1-2H3,(H,22,25)(H,23,24,26)/t10-/m1/s1. The van der Waals surface area contributed by atoms with E-state index in [9.17, 15) is 9.59 Å². The monoisotopic (exact) mass is 383 g/mol. The first-order valence-corrected chi connectivity index (χ1v) is 9.36. The Morgan fingerprint density at radius 2 is 1.78 bits per heavy atom. The van der Waals surface area contributed by atoms with Crippen molar-refractivity contribution in [2.24, 2.45) is 0 Å². The average molecular weight is 383 g/mol. The van der Waals surface area contributed by atoms with Crippen LogP contribution in [0.25, 0.3) is 10.2 Å². The zero-order chi connectivity index (χ0) is 19.6. The Balaban J connectivity index is 1.80. The maximum atomic E-state index is 12.4. The summed E-state index contributed by atoms with van der Waals surface area (Å²) in [6.07, 6.45) is 0.860. The molecule has 0 unspecified atom stereocenters. The number of anilines is 3. The highest BCUT2D eigenvalue weighted by Crippen LogP contribution is 2.27. The van der Waals surface area contributed by atoms with Crippen molar-refractivity contribution in [3.05, 3.63) is 47.5 Å². The molecule has 1 heterocycles. The predicted octanol–water partition coefficient (Wildman–Crippen LogP) is 3.24. The molecule has 1 atom stereocenters. The van der Waals surface area contributed by atoms with E-state index in [1.54, 1.807) is 36.4 Å². The third kappa shape index (κ3) is 4.35. The SMILES string of the molecule is CC[C@@H](C)NC(=O)c1ccc2nc(NC(=O)c3cc(N)cc(N)c3)sc2c1. The number of nitrogens with two attached hydrogens (primary N) is 2. The normalized spacial score (nSPS) is 11.9. The molecule has 6 N–H and O–H groups in total. The van der Waals surface area contributed by atoms with Crippen molar-refractivity contribution in [2.75, 3.05) is 16.8 Å². The van der Waals surface area contributed by atoms with Crippen LogP contribution in [0.4, 0.5) is 16.5 Å². The van der Waals surface area contributed by atoms with E-state index >= 15 is 0 Å². The van der Waals surface area contributed by atoms with Gasteiger partial charge in [-0.3, -0.25) is 14.9 Å². The molecular weight excluding hydrogens is 362 g/mol. The lowest BCUT2D eigenvalue weighted by Crippen LogP contribution is -2.31. The molecule has 0 fully saturated rings. The van der Waals surface area contributed by atoms with Crippen LogP contribution in [0.5, 0.6) is 0 Å². The molecule has 2 aromatic carbocycles. The minimum Gasteiger partial charge on any atom is -0.399 e. The van der Waals surface area contributed by atoms with E-state index in [1.807, 2.05) is 13.8 Å². The molecule has 0 saturated carbocycles. The van der Waals surface area contributed by atoms with Crippen LogP contribution in [-0.2, 0) is 0 Å². The molecule has 0 saturated heterocycles. The number of nitrogens with zero attached hydrogens (tertiary/aromatic N) is 1. The summed E-state index contributed by atoms with van der Waals surface area (Å²) in [6, 6.07) is 10.1. The average Bonchev–Trinajstić information content (AvgIpc) is 3.01. The summed E-state index contributed by atoms with van der Waals surface area (Å²) in [5.41, 5.74) is 13.9. The van der Waals surface area contributed by atoms with Gasteiger partial charge in [0, 0.05) is 28.5 Å². The highest BCUT2D eigenvalue weighted by molar-refractivity contribution is 7.22. The van der Waals surface area contributed by atoms with Crippen LogP contribution in [0, 0.1) is 0 Å². The number of rotatable bonds is 5. The minimum absolute atomic E-state index is 0.107. The van der Waals surface area contributed by atoms with Gasteiger partial charge in [-0.15, -0.1) is 0 Å². The number of thiazole rings is 1. The molecule has 1 aromatic heterocycles. The van der Waals surface area contributed by atoms with Gasteiger partial charge in [-0.1, -0.05) is 18.3 Å². The Kier molecular flexibility index (Phi) is 5.27. The van der Waals surface area contributed by atoms with Gasteiger partial charge in [0.25, 0.3) is 11.8 Å². The van der Waals surface area contributed by atoms with Gasteiger partial charge in [-0.25, -0.2) is 4.98 Å². The van der Waals surface area contributed by atoms with Crippen LogP contribution in [0.2, 0.25) is 0 Å². The van der Waals surface area contributed by atoms with Crippen LogP contribution in [0.15, 0.2) is 36.4 Å². The first-order chi connectivity index (χ1) is 12.9. The maximum Gasteiger partial charge on any atom is 0.257 e. The highest BCUT2D eigenvalue weighted by Gasteiger charge is 2.14. The van der Waals surface area contributed by atoms with Gasteiger partial charge < -0.3 is 16.8 Å². The van der Waals surface area contributed by atoms with Crippen LogP contribution >= 0.6 is 11.3 Å². The number of aromatic nitrogens is 1. The second kappa shape index (κ2) is 7.63. The number of carbonyl (C=O) groups excluding carboxylic acids is 2. The number of hydrogen-bond donors (Lipinski definition) is 4. The summed E-state index contributed by atoms with van der Waals surface area (Å²) in [4.78, 5) is 29.1. The van der Waals surface area contributed by atoms with Crippen molar-refractivity contribution in [3.8, 4) is 0 Å². The molecular formula is C19H21N5O2S. The number of amides is 2.